The Balaban J connectivity index is 1.76. The van der Waals surface area contributed by atoms with Crippen molar-refractivity contribution in [2.24, 2.45) is 44.4 Å². The molecule has 2 heterocycles. The molecule has 4 rings (SSSR count). The fourth-order valence-corrected chi connectivity index (χ4v) is 8.53. The van der Waals surface area contributed by atoms with E-state index < -0.39 is 103 Å². The van der Waals surface area contributed by atoms with Crippen molar-refractivity contribution in [3.8, 4) is 0 Å². The third-order valence-electron chi connectivity index (χ3n) is 12.4. The zero-order chi connectivity index (χ0) is 54.9. The summed E-state index contributed by atoms with van der Waals surface area (Å²) in [6.45, 7) is 1.69. The fraction of sp³-hybridized carbons (Fsp3) is 0.531. The van der Waals surface area contributed by atoms with Gasteiger partial charge in [0.15, 0.2) is 11.9 Å². The predicted molar refractivity (Wildman–Crippen MR) is 282 cm³/mol. The second kappa shape index (κ2) is 31.4. The molecule has 3 aromatic rings. The summed E-state index contributed by atoms with van der Waals surface area (Å²) in [6.07, 6.45) is -0.605. The number of aliphatic hydroxyl groups excluding tert-OH is 2. The first-order valence-corrected chi connectivity index (χ1v) is 25.2. The molecule has 26 heteroatoms. The molecule has 0 saturated carbocycles. The average molecular weight is 1050 g/mol. The molecule has 75 heavy (non-hydrogen) atoms. The number of carbonyl (C=O) groups is 7. The van der Waals surface area contributed by atoms with Crippen LogP contribution in [0.3, 0.4) is 0 Å². The summed E-state index contributed by atoms with van der Waals surface area (Å²) >= 11 is 0. The van der Waals surface area contributed by atoms with Gasteiger partial charge in [-0.3, -0.25) is 54.2 Å². The molecule has 1 fully saturated rings. The summed E-state index contributed by atoms with van der Waals surface area (Å²) in [5.74, 6) is -5.40. The van der Waals surface area contributed by atoms with Gasteiger partial charge in [0.05, 0.1) is 30.6 Å². The molecule has 0 spiro atoms. The van der Waals surface area contributed by atoms with Gasteiger partial charge in [-0.2, -0.15) is 0 Å². The monoisotopic (exact) mass is 1050 g/mol. The van der Waals surface area contributed by atoms with Crippen LogP contribution in [0.25, 0.3) is 10.9 Å². The number of aliphatic imine (C=N–C) groups is 2. The number of aromatic amines is 1. The van der Waals surface area contributed by atoms with Crippen LogP contribution in [0.5, 0.6) is 0 Å². The molecule has 412 valence electrons. The van der Waals surface area contributed by atoms with Crippen LogP contribution in [-0.4, -0.2) is 149 Å². The number of rotatable bonds is 20. The molecular weight excluding hydrogens is 971 g/mol. The number of primary amides is 1. The van der Waals surface area contributed by atoms with Crippen molar-refractivity contribution in [1.29, 1.82) is 0 Å². The lowest BCUT2D eigenvalue weighted by molar-refractivity contribution is -0.134. The lowest BCUT2D eigenvalue weighted by Gasteiger charge is -2.32. The van der Waals surface area contributed by atoms with Crippen LogP contribution in [0.4, 0.5) is 0 Å². The minimum atomic E-state index is -1.67. The Morgan fingerprint density at radius 1 is 0.760 bits per heavy atom. The molecule has 1 saturated heterocycles. The lowest BCUT2D eigenvalue weighted by Crippen LogP contribution is -2.62. The zero-order valence-electron chi connectivity index (χ0n) is 42.4. The summed E-state index contributed by atoms with van der Waals surface area (Å²) < 4.78 is 0. The minimum absolute atomic E-state index is 0.0263. The summed E-state index contributed by atoms with van der Waals surface area (Å²) in [7, 11) is 0. The van der Waals surface area contributed by atoms with Gasteiger partial charge in [0.1, 0.15) is 30.6 Å². The van der Waals surface area contributed by atoms with E-state index in [4.69, 9.17) is 34.4 Å². The van der Waals surface area contributed by atoms with E-state index in [1.165, 1.54) is 6.92 Å². The second-order valence-electron chi connectivity index (χ2n) is 18.5. The molecule has 26 nitrogen and oxygen atoms in total. The Labute approximate surface area is 435 Å². The highest BCUT2D eigenvalue weighted by Crippen LogP contribution is 2.20. The molecule has 1 aliphatic rings. The molecule has 1 aliphatic heterocycles. The summed E-state index contributed by atoms with van der Waals surface area (Å²) in [5, 5.41) is 46.4. The second-order valence-corrected chi connectivity index (χ2v) is 18.5. The number of nitrogens with zero attached hydrogens (tertiary/aromatic N) is 2. The Hall–Kier alpha value is -7.39. The molecule has 1 aromatic heterocycles. The number of amides is 7. The zero-order valence-corrected chi connectivity index (χ0v) is 42.4. The van der Waals surface area contributed by atoms with Gasteiger partial charge >= 0.3 is 0 Å². The quantitative estimate of drug-likeness (QED) is 0.0222. The molecular formula is C49H77N17O9. The van der Waals surface area contributed by atoms with Crippen LogP contribution in [0.2, 0.25) is 0 Å². The summed E-state index contributed by atoms with van der Waals surface area (Å²) in [4.78, 5) is 108. The van der Waals surface area contributed by atoms with Gasteiger partial charge < -0.3 is 81.5 Å². The fourth-order valence-electron chi connectivity index (χ4n) is 8.53. The van der Waals surface area contributed by atoms with Gasteiger partial charge in [-0.25, -0.2) is 0 Å². The van der Waals surface area contributed by atoms with Gasteiger partial charge in [-0.1, -0.05) is 48.5 Å². The maximum Gasteiger partial charge on any atom is 0.243 e. The number of para-hydroxylation sites is 1. The van der Waals surface area contributed by atoms with E-state index in [0.717, 1.165) is 10.9 Å². The number of H-pyrrole nitrogens is 1. The van der Waals surface area contributed by atoms with Gasteiger partial charge in [-0.05, 0) is 87.9 Å². The number of carbonyl (C=O) groups excluding carboxylic acids is 7. The Bertz CT molecular complexity index is 2400. The molecule has 0 bridgehead atoms. The van der Waals surface area contributed by atoms with E-state index in [2.05, 4.69) is 57.5 Å². The number of hydrogen-bond acceptors (Lipinski definition) is 14. The van der Waals surface area contributed by atoms with Gasteiger partial charge in [0.25, 0.3) is 0 Å². The van der Waals surface area contributed by atoms with Crippen LogP contribution < -0.4 is 76.9 Å². The van der Waals surface area contributed by atoms with Crippen LogP contribution in [0.1, 0.15) is 82.3 Å². The number of nitrogens with one attached hydrogen (secondary N) is 9. The van der Waals surface area contributed by atoms with Crippen molar-refractivity contribution in [1.82, 2.24) is 47.5 Å². The van der Waals surface area contributed by atoms with E-state index in [9.17, 15) is 43.8 Å². The molecule has 9 atom stereocenters. The number of benzene rings is 2. The predicted octanol–water partition coefficient (Wildman–Crippen LogP) is -4.03. The van der Waals surface area contributed by atoms with E-state index in [1.54, 1.807) is 36.5 Å². The molecule has 2 aromatic carbocycles. The SMILES string of the molecule is CC(=O)N[C@@H](CCCN=C(N)N)C(O)N[C@H]1CC(=O)NCCCC[C@@H](C(N)=O)NC(=O)[C@H](Cc2c[nH]c3ccccc23)NC(=O)[C@H](CCCN=C(N)N)NC(=O)[C@@H](Cc2ccccc2)NC(O)[C@H](CCCN)NC1=O. The lowest BCUT2D eigenvalue weighted by atomic mass is 10.0. The first kappa shape index (κ1) is 60.2. The van der Waals surface area contributed by atoms with Gasteiger partial charge in [0, 0.05) is 50.1 Å². The largest absolute Gasteiger partial charge is 0.376 e. The Kier molecular flexibility index (Phi) is 25.2. The van der Waals surface area contributed by atoms with Crippen LogP contribution in [0, 0.1) is 0 Å². The van der Waals surface area contributed by atoms with Crippen molar-refractivity contribution in [3.63, 3.8) is 0 Å². The molecule has 7 amide bonds. The van der Waals surface area contributed by atoms with Crippen molar-refractivity contribution in [2.75, 3.05) is 26.2 Å². The van der Waals surface area contributed by atoms with Crippen LogP contribution in [0.15, 0.2) is 70.8 Å². The maximum absolute atomic E-state index is 14.7. The molecule has 23 N–H and O–H groups in total. The molecule has 0 aliphatic carbocycles. The normalized spacial score (nSPS) is 22.7. The highest BCUT2D eigenvalue weighted by molar-refractivity contribution is 5.95. The summed E-state index contributed by atoms with van der Waals surface area (Å²) in [5.41, 5.74) is 35.9. The number of nitrogens with two attached hydrogens (primary N) is 6. The van der Waals surface area contributed by atoms with Gasteiger partial charge in [0.2, 0.25) is 41.4 Å². The van der Waals surface area contributed by atoms with Crippen molar-refractivity contribution < 1.29 is 43.8 Å². The van der Waals surface area contributed by atoms with E-state index in [0.29, 0.717) is 24.0 Å². The van der Waals surface area contributed by atoms with Crippen LogP contribution in [-0.2, 0) is 46.4 Å². The number of aromatic nitrogens is 1. The Morgan fingerprint density at radius 2 is 1.41 bits per heavy atom. The third kappa shape index (κ3) is 21.2. The van der Waals surface area contributed by atoms with Crippen molar-refractivity contribution in [2.45, 2.75) is 139 Å². The Morgan fingerprint density at radius 3 is 2.09 bits per heavy atom. The highest BCUT2D eigenvalue weighted by atomic mass is 16.3. The number of hydrogen-bond donors (Lipinski definition) is 17. The standard InChI is InChI=1S/C49H77N17O9/c1-28(67)60-34(18-10-22-57-48(52)53)42(70)66-39-26-40(68)56-21-8-7-16-33(41(51)69)61-46(74)38(25-30-27-59-32-15-6-5-14-31(30)32)65-44(72)36(19-11-23-58-49(54)55)63-45(73)37(24-29-12-3-2-4-13-29)64-43(71)35(17-9-20-50)62-47(39)75/h2-6,12-15,27,33-39,42-43,59,64,66,70-71H,7-11,16-26,50H2,1H3,(H2,51,69)(H,56,68)(H,60,67)(H,61,74)(H,62,75)(H,63,73)(H,65,72)(H4,52,53,57)(H4,54,55,58)/t33-,34-,35-,36-,37+,38-,39-,42?,43?/m0/s1. The molecule has 2 unspecified atom stereocenters. The topological polar surface area (TPSA) is 453 Å². The van der Waals surface area contributed by atoms with E-state index >= 15 is 0 Å². The van der Waals surface area contributed by atoms with Crippen molar-refractivity contribution in [3.05, 3.63) is 71.9 Å². The van der Waals surface area contributed by atoms with Crippen LogP contribution >= 0.6 is 0 Å². The highest BCUT2D eigenvalue weighted by Gasteiger charge is 2.35. The first-order chi connectivity index (χ1) is 35.8. The number of aliphatic hydroxyl groups is 2. The van der Waals surface area contributed by atoms with E-state index in [-0.39, 0.29) is 95.9 Å². The number of fused-ring (bicyclic) bond motifs is 1. The molecule has 0 radical (unpaired) electrons. The smallest absolute Gasteiger partial charge is 0.243 e. The van der Waals surface area contributed by atoms with E-state index in [1.807, 2.05) is 24.3 Å². The third-order valence-corrected chi connectivity index (χ3v) is 12.4. The summed E-state index contributed by atoms with van der Waals surface area (Å²) in [6, 6.07) is 7.43. The maximum atomic E-state index is 14.7. The van der Waals surface area contributed by atoms with Gasteiger partial charge in [-0.15, -0.1) is 0 Å². The van der Waals surface area contributed by atoms with Crippen molar-refractivity contribution >= 4 is 64.2 Å². The average Bonchev–Trinajstić information content (AvgIpc) is 3.77. The first-order valence-electron chi connectivity index (χ1n) is 25.2. The number of guanidine groups is 2. The minimum Gasteiger partial charge on any atom is -0.376 e.